The van der Waals surface area contributed by atoms with Gasteiger partial charge in [0.05, 0.1) is 32.0 Å². The van der Waals surface area contributed by atoms with E-state index in [1.54, 1.807) is 6.92 Å². The summed E-state index contributed by atoms with van der Waals surface area (Å²) in [6.45, 7) is -1.49. The Bertz CT molecular complexity index is 2010. The van der Waals surface area contributed by atoms with E-state index >= 15 is 0 Å². The van der Waals surface area contributed by atoms with E-state index < -0.39 is 72.9 Å². The highest BCUT2D eigenvalue weighted by Gasteiger charge is 2.26. The number of halogens is 2. The first-order chi connectivity index (χ1) is 24.6. The Hall–Kier alpha value is -6.43. The van der Waals surface area contributed by atoms with Gasteiger partial charge in [-0.2, -0.15) is 9.59 Å². The molecule has 1 aliphatic heterocycles. The average molecular weight is 733 g/mol. The quantitative estimate of drug-likeness (QED) is 0.0769. The van der Waals surface area contributed by atoms with Gasteiger partial charge in [0.15, 0.2) is 17.4 Å². The van der Waals surface area contributed by atoms with Gasteiger partial charge in [-0.05, 0) is 42.3 Å². The number of hydrogen-bond acceptors (Lipinski definition) is 13. The third-order valence-electron chi connectivity index (χ3n) is 7.16. The van der Waals surface area contributed by atoms with Crippen molar-refractivity contribution in [2.45, 2.75) is 6.92 Å². The van der Waals surface area contributed by atoms with Gasteiger partial charge in [-0.25, -0.2) is 8.78 Å². The number of fused-ring (bicyclic) bond motifs is 2. The van der Waals surface area contributed by atoms with Crippen LogP contribution >= 0.6 is 0 Å². The van der Waals surface area contributed by atoms with E-state index in [0.717, 1.165) is 34.1 Å². The van der Waals surface area contributed by atoms with Crippen molar-refractivity contribution in [3.05, 3.63) is 63.8 Å². The van der Waals surface area contributed by atoms with Crippen LogP contribution in [0.5, 0.6) is 11.5 Å². The number of nitrogens with zero attached hydrogens (tertiary/aromatic N) is 2. The van der Waals surface area contributed by atoms with E-state index in [0.29, 0.717) is 5.56 Å². The molecule has 0 saturated carbocycles. The standard InChI is InChI=1S/C32H30F2N2O13.CO2/c1-16-6-22(36(14-30(43)44)15-31(45)46)27(48-5-4-47-3-2-35(12-28(39)40)13-29(41)42)9-17(16)32-18-7-20(33)23(37)10-25(18)49-26-11-24(38)21(34)8-19(26)32;2-1-3/h6-11,37H,2-5,12-15H2,1H3,(H,39,40)(H,41,42)(H,43,44)(H,45,46);. The number of aryl methyl sites for hydroxylation is 1. The zero-order valence-electron chi connectivity index (χ0n) is 27.1. The first-order valence-corrected chi connectivity index (χ1v) is 14.8. The molecule has 0 bridgehead atoms. The molecule has 0 spiro atoms. The first-order valence-electron chi connectivity index (χ1n) is 14.8. The zero-order valence-corrected chi connectivity index (χ0v) is 27.1. The maximum atomic E-state index is 14.7. The van der Waals surface area contributed by atoms with Gasteiger partial charge in [-0.3, -0.25) is 28.9 Å². The Morgan fingerprint density at radius 2 is 1.38 bits per heavy atom. The van der Waals surface area contributed by atoms with Gasteiger partial charge in [-0.1, -0.05) is 0 Å². The topological polar surface area (TPSA) is 259 Å². The van der Waals surface area contributed by atoms with Crippen LogP contribution in [0.2, 0.25) is 0 Å². The molecule has 1 heterocycles. The summed E-state index contributed by atoms with van der Waals surface area (Å²) in [5, 5.41) is 47.1. The van der Waals surface area contributed by atoms with Crippen LogP contribution in [-0.4, -0.2) is 113 Å². The van der Waals surface area contributed by atoms with Crippen molar-refractivity contribution in [2.75, 3.05) is 57.4 Å². The molecular formula is C33H30F2N2O15. The molecular weight excluding hydrogens is 702 g/mol. The normalized spacial score (nSPS) is 10.8. The van der Waals surface area contributed by atoms with Crippen molar-refractivity contribution in [3.8, 4) is 33.9 Å². The molecule has 2 aromatic rings. The number of anilines is 1. The fourth-order valence-corrected chi connectivity index (χ4v) is 5.15. The Labute approximate surface area is 290 Å². The van der Waals surface area contributed by atoms with Gasteiger partial charge in [-0.15, -0.1) is 0 Å². The number of carbonyl (C=O) groups is 4. The highest BCUT2D eigenvalue weighted by molar-refractivity contribution is 6.03. The maximum absolute atomic E-state index is 14.7. The Kier molecular flexibility index (Phi) is 13.8. The van der Waals surface area contributed by atoms with Crippen LogP contribution < -0.4 is 15.1 Å². The van der Waals surface area contributed by atoms with Crippen molar-refractivity contribution < 1.29 is 77.0 Å². The number of phenols is 1. The Morgan fingerprint density at radius 3 is 1.96 bits per heavy atom. The molecule has 0 radical (unpaired) electrons. The Balaban J connectivity index is 0.00000235. The van der Waals surface area contributed by atoms with Crippen molar-refractivity contribution in [3.63, 3.8) is 0 Å². The lowest BCUT2D eigenvalue weighted by Gasteiger charge is -2.26. The molecule has 0 unspecified atom stereocenters. The molecule has 0 saturated heterocycles. The Morgan fingerprint density at radius 1 is 0.788 bits per heavy atom. The number of aromatic hydroxyl groups is 1. The maximum Gasteiger partial charge on any atom is 0.373 e. The van der Waals surface area contributed by atoms with Gasteiger partial charge in [0.2, 0.25) is 5.43 Å². The molecule has 0 atom stereocenters. The number of hydrogen-bond donors (Lipinski definition) is 5. The van der Waals surface area contributed by atoms with E-state index in [-0.39, 0.29) is 77.4 Å². The number of phenolic OH excluding ortho intramolecular Hbond substituents is 1. The van der Waals surface area contributed by atoms with Crippen LogP contribution in [0.4, 0.5) is 14.5 Å². The number of aliphatic carboxylic acids is 4. The molecule has 52 heavy (non-hydrogen) atoms. The summed E-state index contributed by atoms with van der Waals surface area (Å²) in [6, 6.07) is 6.54. The molecule has 19 heteroatoms. The molecule has 2 aromatic carbocycles. The second-order valence-corrected chi connectivity index (χ2v) is 10.9. The highest BCUT2D eigenvalue weighted by Crippen LogP contribution is 2.45. The van der Waals surface area contributed by atoms with Crippen molar-refractivity contribution in [1.82, 2.24) is 4.90 Å². The lowest BCUT2D eigenvalue weighted by atomic mass is 9.90. The van der Waals surface area contributed by atoms with E-state index in [2.05, 4.69) is 0 Å². The first kappa shape index (κ1) is 40.0. The number of benzene rings is 3. The van der Waals surface area contributed by atoms with E-state index in [1.807, 2.05) is 0 Å². The third-order valence-corrected chi connectivity index (χ3v) is 7.16. The fourth-order valence-electron chi connectivity index (χ4n) is 5.15. The second kappa shape index (κ2) is 18.0. The summed E-state index contributed by atoms with van der Waals surface area (Å²) < 4.78 is 46.4. The van der Waals surface area contributed by atoms with Gasteiger partial charge in [0.1, 0.15) is 36.8 Å². The van der Waals surface area contributed by atoms with Crippen LogP contribution in [0.15, 0.2) is 45.6 Å². The molecule has 0 fully saturated rings. The minimum atomic E-state index is -1.36. The fraction of sp³-hybridized carbons (Fsp3) is 0.273. The molecule has 1 aliphatic carbocycles. The number of carboxylic acids is 4. The average Bonchev–Trinajstić information content (AvgIpc) is 3.03. The molecule has 0 aromatic heterocycles. The van der Waals surface area contributed by atoms with Gasteiger partial charge < -0.3 is 44.3 Å². The van der Waals surface area contributed by atoms with Crippen molar-refractivity contribution in [1.29, 1.82) is 0 Å². The SMILES string of the molecule is Cc1cc(N(CC(=O)O)CC(=O)O)c(OCCOCCN(CC(=O)O)CC(=O)O)cc1-c1c2cc(F)c(=O)cc-2oc2cc(O)c(F)cc12.O=C=O. The molecule has 0 amide bonds. The van der Waals surface area contributed by atoms with Crippen LogP contribution in [0.25, 0.3) is 33.4 Å². The number of rotatable bonds is 17. The molecule has 5 N–H and O–H groups in total. The van der Waals surface area contributed by atoms with E-state index in [1.165, 1.54) is 12.1 Å². The molecule has 17 nitrogen and oxygen atoms in total. The predicted octanol–water partition coefficient (Wildman–Crippen LogP) is 2.12. The van der Waals surface area contributed by atoms with E-state index in [9.17, 15) is 48.1 Å². The smallest absolute Gasteiger partial charge is 0.373 e. The summed E-state index contributed by atoms with van der Waals surface area (Å²) in [4.78, 5) is 76.0. The molecule has 4 rings (SSSR count). The van der Waals surface area contributed by atoms with E-state index in [4.69, 9.17) is 33.7 Å². The van der Waals surface area contributed by atoms with Gasteiger partial charge >= 0.3 is 30.0 Å². The van der Waals surface area contributed by atoms with Crippen LogP contribution in [-0.2, 0) is 33.5 Å². The zero-order chi connectivity index (χ0) is 38.7. The van der Waals surface area contributed by atoms with Gasteiger partial charge in [0, 0.05) is 35.2 Å². The monoisotopic (exact) mass is 732 g/mol. The van der Waals surface area contributed by atoms with Crippen LogP contribution in [0, 0.1) is 18.6 Å². The summed E-state index contributed by atoms with van der Waals surface area (Å²) in [6.07, 6.45) is 0.250. The number of ether oxygens (including phenoxy) is 2. The number of carboxylic acid groups (broad SMARTS) is 4. The summed E-state index contributed by atoms with van der Waals surface area (Å²) >= 11 is 0. The van der Waals surface area contributed by atoms with Crippen molar-refractivity contribution >= 4 is 46.7 Å². The lowest BCUT2D eigenvalue weighted by Crippen LogP contribution is -2.37. The highest BCUT2D eigenvalue weighted by atomic mass is 19.1. The summed E-state index contributed by atoms with van der Waals surface area (Å²) in [5.74, 6) is -8.27. The van der Waals surface area contributed by atoms with Crippen molar-refractivity contribution in [2.24, 2.45) is 0 Å². The largest absolute Gasteiger partial charge is 0.505 e. The van der Waals surface area contributed by atoms with Gasteiger partial charge in [0.25, 0.3) is 0 Å². The molecule has 276 valence electrons. The second-order valence-electron chi connectivity index (χ2n) is 10.9. The number of carbonyl (C=O) groups excluding carboxylic acids is 2. The van der Waals surface area contributed by atoms with Crippen LogP contribution in [0.3, 0.4) is 0 Å². The minimum absolute atomic E-state index is 0.0335. The minimum Gasteiger partial charge on any atom is -0.505 e. The third kappa shape index (κ3) is 10.5. The predicted molar refractivity (Wildman–Crippen MR) is 171 cm³/mol. The molecule has 2 aliphatic rings. The van der Waals surface area contributed by atoms with Crippen LogP contribution in [0.1, 0.15) is 5.56 Å². The summed E-state index contributed by atoms with van der Waals surface area (Å²) in [5.41, 5.74) is -0.200. The lowest BCUT2D eigenvalue weighted by molar-refractivity contribution is -0.191. The summed E-state index contributed by atoms with van der Waals surface area (Å²) in [7, 11) is 0.